The molecule has 0 atom stereocenters. The molecular weight excluding hydrogens is 250 g/mol. The van der Waals surface area contributed by atoms with Gasteiger partial charge in [-0.2, -0.15) is 22.5 Å². The fourth-order valence-electron chi connectivity index (χ4n) is 1.33. The molecule has 1 N–H and O–H groups in total. The van der Waals surface area contributed by atoms with Crippen molar-refractivity contribution >= 4 is 5.69 Å². The first-order valence-corrected chi connectivity index (χ1v) is 4.92. The van der Waals surface area contributed by atoms with Crippen molar-refractivity contribution in [3.8, 4) is 0 Å². The van der Waals surface area contributed by atoms with Gasteiger partial charge in [-0.15, -0.1) is 0 Å². The third kappa shape index (κ3) is 2.39. The van der Waals surface area contributed by atoms with E-state index in [-0.39, 0.29) is 6.54 Å². The Morgan fingerprint density at radius 1 is 0.944 bits per heavy atom. The quantitative estimate of drug-likeness (QED) is 0.678. The van der Waals surface area contributed by atoms with Crippen molar-refractivity contribution in [3.05, 3.63) is 53.6 Å². The molecular formula is C11H7F4N3. The number of nitrogens with zero attached hydrogens (tertiary/aromatic N) is 2. The Kier molecular flexibility index (Phi) is 3.40. The van der Waals surface area contributed by atoms with E-state index in [2.05, 4.69) is 15.3 Å². The third-order valence-corrected chi connectivity index (χ3v) is 2.22. The van der Waals surface area contributed by atoms with Crippen molar-refractivity contribution in [3.63, 3.8) is 0 Å². The molecule has 94 valence electrons. The first kappa shape index (κ1) is 12.3. The Morgan fingerprint density at radius 3 is 2.06 bits per heavy atom. The number of halogens is 4. The summed E-state index contributed by atoms with van der Waals surface area (Å²) in [5.74, 6) is -6.48. The van der Waals surface area contributed by atoms with Crippen molar-refractivity contribution < 1.29 is 17.6 Å². The lowest BCUT2D eigenvalue weighted by molar-refractivity contribution is 0.410. The van der Waals surface area contributed by atoms with Crippen LogP contribution in [-0.4, -0.2) is 9.97 Å². The summed E-state index contributed by atoms with van der Waals surface area (Å²) >= 11 is 0. The van der Waals surface area contributed by atoms with E-state index in [0.29, 0.717) is 5.56 Å². The van der Waals surface area contributed by atoms with Gasteiger partial charge in [-0.1, -0.05) is 0 Å². The zero-order valence-electron chi connectivity index (χ0n) is 8.92. The molecule has 0 saturated carbocycles. The van der Waals surface area contributed by atoms with Crippen molar-refractivity contribution in [2.45, 2.75) is 6.54 Å². The van der Waals surface area contributed by atoms with Crippen LogP contribution in [0.1, 0.15) is 5.56 Å². The zero-order chi connectivity index (χ0) is 13.1. The summed E-state index contributed by atoms with van der Waals surface area (Å²) in [4.78, 5) is 6.21. The van der Waals surface area contributed by atoms with Crippen molar-refractivity contribution in [2.24, 2.45) is 0 Å². The van der Waals surface area contributed by atoms with E-state index < -0.39 is 29.2 Å². The molecule has 0 saturated heterocycles. The standard InChI is InChI=1S/C11H7F4N3/c12-7-9(8(13)11(15)18-10(7)14)17-5-6-1-3-16-4-2-6/h1-4H,5H2,(H,17,18). The zero-order valence-corrected chi connectivity index (χ0v) is 8.92. The van der Waals surface area contributed by atoms with Gasteiger partial charge in [-0.25, -0.2) is 0 Å². The van der Waals surface area contributed by atoms with E-state index in [1.807, 2.05) is 0 Å². The van der Waals surface area contributed by atoms with Crippen LogP contribution in [0.2, 0.25) is 0 Å². The Bertz CT molecular complexity index is 534. The molecule has 0 unspecified atom stereocenters. The molecule has 0 fully saturated rings. The number of rotatable bonds is 3. The van der Waals surface area contributed by atoms with Crippen LogP contribution in [0.3, 0.4) is 0 Å². The van der Waals surface area contributed by atoms with Gasteiger partial charge >= 0.3 is 0 Å². The van der Waals surface area contributed by atoms with Crippen LogP contribution in [0.25, 0.3) is 0 Å². The fraction of sp³-hybridized carbons (Fsp3) is 0.0909. The minimum absolute atomic E-state index is 0.000741. The van der Waals surface area contributed by atoms with Crippen molar-refractivity contribution in [1.29, 1.82) is 0 Å². The fourth-order valence-corrected chi connectivity index (χ4v) is 1.33. The molecule has 7 heteroatoms. The van der Waals surface area contributed by atoms with Gasteiger partial charge in [-0.3, -0.25) is 4.98 Å². The highest BCUT2D eigenvalue weighted by molar-refractivity contribution is 5.45. The molecule has 2 heterocycles. The highest BCUT2D eigenvalue weighted by Crippen LogP contribution is 2.22. The molecule has 0 spiro atoms. The van der Waals surface area contributed by atoms with Crippen LogP contribution >= 0.6 is 0 Å². The van der Waals surface area contributed by atoms with Gasteiger partial charge in [0.05, 0.1) is 0 Å². The average Bonchev–Trinajstić information content (AvgIpc) is 2.38. The maximum Gasteiger partial charge on any atom is 0.253 e. The van der Waals surface area contributed by atoms with Gasteiger partial charge in [0.1, 0.15) is 5.69 Å². The predicted octanol–water partition coefficient (Wildman–Crippen LogP) is 2.65. The van der Waals surface area contributed by atoms with E-state index in [1.54, 1.807) is 12.1 Å². The van der Waals surface area contributed by atoms with E-state index in [0.717, 1.165) is 0 Å². The molecule has 2 aromatic rings. The van der Waals surface area contributed by atoms with Gasteiger partial charge in [0.2, 0.25) is 11.6 Å². The number of nitrogens with one attached hydrogen (secondary N) is 1. The first-order valence-electron chi connectivity index (χ1n) is 4.92. The van der Waals surface area contributed by atoms with Crippen molar-refractivity contribution in [1.82, 2.24) is 9.97 Å². The molecule has 2 aromatic heterocycles. The van der Waals surface area contributed by atoms with Crippen molar-refractivity contribution in [2.75, 3.05) is 5.32 Å². The Hall–Kier alpha value is -2.18. The van der Waals surface area contributed by atoms with Crippen LogP contribution in [0.15, 0.2) is 24.5 Å². The average molecular weight is 257 g/mol. The molecule has 0 aromatic carbocycles. The molecule has 0 bridgehead atoms. The molecule has 0 amide bonds. The summed E-state index contributed by atoms with van der Waals surface area (Å²) in [5.41, 5.74) is -0.224. The lowest BCUT2D eigenvalue weighted by Crippen LogP contribution is -2.09. The summed E-state index contributed by atoms with van der Waals surface area (Å²) in [6, 6.07) is 3.19. The summed E-state index contributed by atoms with van der Waals surface area (Å²) in [7, 11) is 0. The summed E-state index contributed by atoms with van der Waals surface area (Å²) < 4.78 is 52.1. The second kappa shape index (κ2) is 4.99. The summed E-state index contributed by atoms with van der Waals surface area (Å²) in [6.07, 6.45) is 2.97. The van der Waals surface area contributed by atoms with Crippen LogP contribution in [0, 0.1) is 23.5 Å². The maximum atomic E-state index is 13.2. The molecule has 18 heavy (non-hydrogen) atoms. The van der Waals surface area contributed by atoms with Gasteiger partial charge in [0, 0.05) is 18.9 Å². The van der Waals surface area contributed by atoms with E-state index in [4.69, 9.17) is 0 Å². The summed E-state index contributed by atoms with van der Waals surface area (Å²) in [5, 5.41) is 2.28. The number of anilines is 1. The van der Waals surface area contributed by atoms with Gasteiger partial charge in [0.15, 0.2) is 0 Å². The third-order valence-electron chi connectivity index (χ3n) is 2.22. The van der Waals surface area contributed by atoms with Gasteiger partial charge in [-0.05, 0) is 17.7 Å². The number of hydrogen-bond acceptors (Lipinski definition) is 3. The molecule has 0 aliphatic heterocycles. The smallest absolute Gasteiger partial charge is 0.253 e. The highest BCUT2D eigenvalue weighted by Gasteiger charge is 2.20. The molecule has 2 rings (SSSR count). The lowest BCUT2D eigenvalue weighted by atomic mass is 10.2. The number of pyridine rings is 2. The summed E-state index contributed by atoms with van der Waals surface area (Å²) in [6.45, 7) is -0.000741. The normalized spacial score (nSPS) is 10.4. The van der Waals surface area contributed by atoms with E-state index in [1.165, 1.54) is 12.4 Å². The van der Waals surface area contributed by atoms with Crippen LogP contribution in [0.5, 0.6) is 0 Å². The molecule has 0 aliphatic rings. The lowest BCUT2D eigenvalue weighted by Gasteiger charge is -2.09. The van der Waals surface area contributed by atoms with Crippen LogP contribution in [-0.2, 0) is 6.54 Å². The monoisotopic (exact) mass is 257 g/mol. The minimum Gasteiger partial charge on any atom is -0.376 e. The largest absolute Gasteiger partial charge is 0.376 e. The number of hydrogen-bond donors (Lipinski definition) is 1. The van der Waals surface area contributed by atoms with Crippen LogP contribution < -0.4 is 5.32 Å². The molecule has 0 aliphatic carbocycles. The van der Waals surface area contributed by atoms with E-state index >= 15 is 0 Å². The van der Waals surface area contributed by atoms with Gasteiger partial charge < -0.3 is 5.32 Å². The highest BCUT2D eigenvalue weighted by atomic mass is 19.2. The predicted molar refractivity (Wildman–Crippen MR) is 55.6 cm³/mol. The van der Waals surface area contributed by atoms with E-state index in [9.17, 15) is 17.6 Å². The maximum absolute atomic E-state index is 13.2. The second-order valence-electron chi connectivity index (χ2n) is 3.41. The molecule has 3 nitrogen and oxygen atoms in total. The Morgan fingerprint density at radius 2 is 1.50 bits per heavy atom. The van der Waals surface area contributed by atoms with Crippen LogP contribution in [0.4, 0.5) is 23.2 Å². The molecule has 0 radical (unpaired) electrons. The second-order valence-corrected chi connectivity index (χ2v) is 3.41. The SMILES string of the molecule is Fc1nc(F)c(F)c(NCc2ccncc2)c1F. The first-order chi connectivity index (χ1) is 8.59. The Labute approximate surface area is 99.5 Å². The number of aromatic nitrogens is 2. The minimum atomic E-state index is -1.69. The topological polar surface area (TPSA) is 37.8 Å². The van der Waals surface area contributed by atoms with Gasteiger partial charge in [0.25, 0.3) is 11.9 Å². The Balaban J connectivity index is 2.24.